The number of aliphatic carboxylic acids is 1. The quantitative estimate of drug-likeness (QED) is 0.0294. The third kappa shape index (κ3) is 29.7. The van der Waals surface area contributed by atoms with Gasteiger partial charge in [0.2, 0.25) is 35.4 Å². The molecule has 0 aliphatic heterocycles. The minimum absolute atomic E-state index is 0.00306. The first-order valence-electron chi connectivity index (χ1n) is 28.9. The van der Waals surface area contributed by atoms with Gasteiger partial charge in [-0.15, -0.1) is 0 Å². The summed E-state index contributed by atoms with van der Waals surface area (Å²) < 4.78 is 40.7. The largest absolute Gasteiger partial charge is 0.480 e. The van der Waals surface area contributed by atoms with Crippen molar-refractivity contribution in [1.29, 1.82) is 0 Å². The van der Waals surface area contributed by atoms with Crippen molar-refractivity contribution in [3.05, 3.63) is 65.9 Å². The molecule has 0 bridgehead atoms. The van der Waals surface area contributed by atoms with Crippen molar-refractivity contribution in [2.24, 2.45) is 11.7 Å². The second kappa shape index (κ2) is 42.1. The van der Waals surface area contributed by atoms with Gasteiger partial charge in [0, 0.05) is 76.9 Å². The first kappa shape index (κ1) is 72.4. The number of nitrogens with two attached hydrogens (primary N) is 1. The van der Waals surface area contributed by atoms with Crippen LogP contribution in [0.4, 0.5) is 10.5 Å². The lowest BCUT2D eigenvalue weighted by Crippen LogP contribution is -2.54. The van der Waals surface area contributed by atoms with Gasteiger partial charge in [0.1, 0.15) is 24.7 Å². The zero-order chi connectivity index (χ0) is 62.4. The summed E-state index contributed by atoms with van der Waals surface area (Å²) in [5.74, 6) is -3.68. The zero-order valence-corrected chi connectivity index (χ0v) is 50.6. The lowest BCUT2D eigenvalue weighted by Gasteiger charge is -2.25. The highest BCUT2D eigenvalue weighted by molar-refractivity contribution is 5.98. The number of carbonyl (C=O) groups excluding carboxylic acids is 7. The van der Waals surface area contributed by atoms with Gasteiger partial charge in [-0.25, -0.2) is 14.6 Å². The molecule has 0 radical (unpaired) electrons. The third-order valence-electron chi connectivity index (χ3n) is 13.3. The van der Waals surface area contributed by atoms with E-state index in [-0.39, 0.29) is 95.4 Å². The highest BCUT2D eigenvalue weighted by Crippen LogP contribution is 2.21. The van der Waals surface area contributed by atoms with Crippen molar-refractivity contribution in [3.8, 4) is 0 Å². The van der Waals surface area contributed by atoms with Gasteiger partial charge in [-0.1, -0.05) is 44.2 Å². The number of fused-ring (bicyclic) bond motifs is 1. The van der Waals surface area contributed by atoms with Crippen molar-refractivity contribution < 1.29 is 76.6 Å². The average molecular weight is 1200 g/mol. The van der Waals surface area contributed by atoms with Crippen LogP contribution >= 0.6 is 0 Å². The van der Waals surface area contributed by atoms with E-state index in [1.54, 1.807) is 38.1 Å². The number of nitrogens with zero attached hydrogens (tertiary/aromatic N) is 4. The fourth-order valence-electron chi connectivity index (χ4n) is 8.08. The van der Waals surface area contributed by atoms with E-state index in [2.05, 4.69) is 42.6 Å². The predicted molar refractivity (Wildman–Crippen MR) is 317 cm³/mol. The predicted octanol–water partition coefficient (Wildman–Crippen LogP) is 1.60. The van der Waals surface area contributed by atoms with Gasteiger partial charge in [-0.3, -0.25) is 34.2 Å². The number of para-hydroxylation sites is 1. The fourth-order valence-corrected chi connectivity index (χ4v) is 8.08. The number of aryl methyl sites for hydroxylation is 1. The molecule has 0 fully saturated rings. The molecule has 0 unspecified atom stereocenters. The number of rotatable bonds is 46. The molecule has 27 nitrogen and oxygen atoms in total. The molecule has 1 aromatic heterocycles. The number of carbonyl (C=O) groups is 8. The Morgan fingerprint density at radius 3 is 1.86 bits per heavy atom. The molecular formula is C58H93N11O16. The van der Waals surface area contributed by atoms with Crippen molar-refractivity contribution in [2.75, 3.05) is 139 Å². The van der Waals surface area contributed by atoms with Crippen molar-refractivity contribution >= 4 is 64.1 Å². The lowest BCUT2D eigenvalue weighted by molar-refractivity contribution is -0.148. The van der Waals surface area contributed by atoms with Crippen LogP contribution in [0.3, 0.4) is 0 Å². The number of carboxylic acids is 1. The molecule has 0 saturated carbocycles. The Hall–Kier alpha value is -6.82. The number of benzene rings is 2. The Morgan fingerprint density at radius 2 is 1.27 bits per heavy atom. The molecule has 3 aromatic rings. The minimum Gasteiger partial charge on any atom is -0.480 e. The smallest absolute Gasteiger partial charge is 0.409 e. The molecule has 0 aliphatic rings. The monoisotopic (exact) mass is 1200 g/mol. The first-order valence-corrected chi connectivity index (χ1v) is 28.9. The SMILES string of the molecule is CNN(C)Cc1cc2ccccc2n1CCC(=O)NCC(=O)NCCOCCOCCOCCOCCOCCOCCC(=O)N[C@H](C(=O)N[C@@H](CCCN)C(=O)Nc1ccc(COC(=O)N(C)CCCC(=O)N(C)[C@@H](C)C(=O)O)cc1)C(C)C. The Kier molecular flexibility index (Phi) is 35.9. The fraction of sp³-hybridized carbons (Fsp3) is 0.621. The van der Waals surface area contributed by atoms with Crippen LogP contribution in [-0.2, 0) is 86.4 Å². The van der Waals surface area contributed by atoms with E-state index in [0.717, 1.165) is 21.5 Å². The summed E-state index contributed by atoms with van der Waals surface area (Å²) in [6.45, 7) is 10.6. The molecule has 3 rings (SSSR count). The highest BCUT2D eigenvalue weighted by Gasteiger charge is 2.29. The van der Waals surface area contributed by atoms with Crippen LogP contribution in [0.5, 0.6) is 0 Å². The second-order valence-electron chi connectivity index (χ2n) is 20.3. The van der Waals surface area contributed by atoms with Crippen LogP contribution in [-0.4, -0.2) is 224 Å². The van der Waals surface area contributed by atoms with Crippen LogP contribution < -0.4 is 37.7 Å². The second-order valence-corrected chi connectivity index (χ2v) is 20.3. The molecule has 3 atom stereocenters. The summed E-state index contributed by atoms with van der Waals surface area (Å²) in [6, 6.07) is 13.9. The molecule has 1 heterocycles. The number of hydrogen-bond acceptors (Lipinski definition) is 18. The Bertz CT molecular complexity index is 2480. The summed E-state index contributed by atoms with van der Waals surface area (Å²) in [4.78, 5) is 103. The molecule has 0 aliphatic carbocycles. The summed E-state index contributed by atoms with van der Waals surface area (Å²) >= 11 is 0. The molecule has 9 N–H and O–H groups in total. The Morgan fingerprint density at radius 1 is 0.671 bits per heavy atom. The van der Waals surface area contributed by atoms with Crippen molar-refractivity contribution in [2.45, 2.75) is 97.1 Å². The number of likely N-dealkylation sites (N-methyl/N-ethyl adjacent to an activating group) is 1. The van der Waals surface area contributed by atoms with Crippen molar-refractivity contribution in [3.63, 3.8) is 0 Å². The number of hydrazine groups is 1. The topological polar surface area (TPSA) is 334 Å². The van der Waals surface area contributed by atoms with Crippen LogP contribution in [0.1, 0.15) is 70.6 Å². The minimum atomic E-state index is -1.11. The number of anilines is 1. The zero-order valence-electron chi connectivity index (χ0n) is 50.6. The van der Waals surface area contributed by atoms with Gasteiger partial charge >= 0.3 is 12.1 Å². The van der Waals surface area contributed by atoms with Gasteiger partial charge in [0.25, 0.3) is 0 Å². The molecule has 2 aromatic carbocycles. The maximum atomic E-state index is 13.5. The number of nitrogens with one attached hydrogen (secondary N) is 6. The number of amides is 7. The van der Waals surface area contributed by atoms with E-state index in [0.29, 0.717) is 103 Å². The Labute approximate surface area is 498 Å². The molecule has 0 saturated heterocycles. The number of aromatic nitrogens is 1. The summed E-state index contributed by atoms with van der Waals surface area (Å²) in [6.07, 6.45) is 0.695. The van der Waals surface area contributed by atoms with E-state index in [1.807, 2.05) is 43.4 Å². The van der Waals surface area contributed by atoms with Gasteiger partial charge in [-0.2, -0.15) is 0 Å². The van der Waals surface area contributed by atoms with Gasteiger partial charge in [0.05, 0.1) is 92.4 Å². The molecule has 27 heteroatoms. The number of hydrogen-bond donors (Lipinski definition) is 8. The van der Waals surface area contributed by atoms with E-state index >= 15 is 0 Å². The maximum absolute atomic E-state index is 13.5. The first-order chi connectivity index (χ1) is 40.8. The summed E-state index contributed by atoms with van der Waals surface area (Å²) in [5, 5.41) is 25.9. The van der Waals surface area contributed by atoms with Crippen LogP contribution in [0, 0.1) is 5.92 Å². The van der Waals surface area contributed by atoms with E-state index in [4.69, 9.17) is 44.0 Å². The normalized spacial score (nSPS) is 12.4. The molecule has 0 spiro atoms. The van der Waals surface area contributed by atoms with Crippen LogP contribution in [0.25, 0.3) is 10.9 Å². The average Bonchev–Trinajstić information content (AvgIpc) is 3.77. The highest BCUT2D eigenvalue weighted by atomic mass is 16.6. The lowest BCUT2D eigenvalue weighted by atomic mass is 10.0. The van der Waals surface area contributed by atoms with Crippen LogP contribution in [0.15, 0.2) is 54.6 Å². The van der Waals surface area contributed by atoms with E-state index in [1.165, 1.54) is 25.9 Å². The third-order valence-corrected chi connectivity index (χ3v) is 13.3. The molecule has 7 amide bonds. The standard InChI is InChI=1S/C58H93N11O16/c1-42(2)54(56(75)64-48(13-10-22-59)55(74)63-46-18-16-44(17-19-46)41-85-58(78)66(5)24-11-15-53(73)68(7)43(3)57(76)77)65-51(71)21-26-79-28-30-81-32-34-83-36-37-84-35-33-82-31-29-80-27-23-61-52(72)39-62-50(70)20-25-69-47(40-67(6)60-4)38-45-12-8-9-14-49(45)69/h8-9,12,14,16-19,38,42-43,48,54,60H,10-11,13,15,20-37,39-41,59H2,1-7H3,(H,61,72)(H,62,70)(H,63,74)(H,64,75)(H,65,71)(H,76,77)/t43-,48-,54-/m0/s1. The van der Waals surface area contributed by atoms with E-state index in [9.17, 15) is 38.4 Å². The Balaban J connectivity index is 1.16. The summed E-state index contributed by atoms with van der Waals surface area (Å²) in [7, 11) is 6.75. The summed E-state index contributed by atoms with van der Waals surface area (Å²) in [5.41, 5.74) is 12.0. The van der Waals surface area contributed by atoms with E-state index < -0.39 is 47.9 Å². The van der Waals surface area contributed by atoms with Gasteiger partial charge in [0.15, 0.2) is 0 Å². The number of ether oxygens (including phenoxy) is 7. The molecular weight excluding hydrogens is 1110 g/mol. The number of carboxylic acid groups (broad SMARTS) is 1. The van der Waals surface area contributed by atoms with Crippen LogP contribution in [0.2, 0.25) is 0 Å². The van der Waals surface area contributed by atoms with Crippen molar-refractivity contribution in [1.82, 2.24) is 46.1 Å². The molecule has 85 heavy (non-hydrogen) atoms. The maximum Gasteiger partial charge on any atom is 0.409 e. The van der Waals surface area contributed by atoms with Gasteiger partial charge in [-0.05, 0) is 80.9 Å². The molecule has 476 valence electrons. The van der Waals surface area contributed by atoms with Gasteiger partial charge < -0.3 is 84.9 Å².